The highest BCUT2D eigenvalue weighted by Crippen LogP contribution is 2.31. The summed E-state index contributed by atoms with van der Waals surface area (Å²) in [6, 6.07) is 5.05. The number of likely N-dealkylation sites (tertiary alicyclic amines) is 1. The summed E-state index contributed by atoms with van der Waals surface area (Å²) in [5, 5.41) is 9.22. The minimum Gasteiger partial charge on any atom is -0.481 e. The van der Waals surface area contributed by atoms with Gasteiger partial charge in [-0.25, -0.2) is 8.42 Å². The second-order valence-electron chi connectivity index (χ2n) is 6.91. The second-order valence-corrected chi connectivity index (χ2v) is 8.82. The molecule has 1 amide bonds. The number of fused-ring (bicyclic) bond motifs is 1. The Kier molecular flexibility index (Phi) is 4.49. The van der Waals surface area contributed by atoms with Crippen LogP contribution in [0, 0.1) is 11.8 Å². The lowest BCUT2D eigenvalue weighted by atomic mass is 9.99. The fourth-order valence-electron chi connectivity index (χ4n) is 3.68. The van der Waals surface area contributed by atoms with Crippen molar-refractivity contribution < 1.29 is 23.1 Å². The summed E-state index contributed by atoms with van der Waals surface area (Å²) in [5.74, 6) is -1.70. The van der Waals surface area contributed by atoms with Crippen LogP contribution < -0.4 is 4.31 Å². The van der Waals surface area contributed by atoms with Gasteiger partial charge in [-0.3, -0.25) is 13.9 Å². The number of rotatable bonds is 3. The zero-order valence-electron chi connectivity index (χ0n) is 14.3. The van der Waals surface area contributed by atoms with E-state index in [0.29, 0.717) is 30.8 Å². The molecule has 25 heavy (non-hydrogen) atoms. The number of nitrogens with zero attached hydrogens (tertiary/aromatic N) is 2. The van der Waals surface area contributed by atoms with Crippen molar-refractivity contribution in [3.63, 3.8) is 0 Å². The lowest BCUT2D eigenvalue weighted by Crippen LogP contribution is -2.35. The summed E-state index contributed by atoms with van der Waals surface area (Å²) in [7, 11) is -3.34. The van der Waals surface area contributed by atoms with Crippen molar-refractivity contribution in [2.75, 3.05) is 30.2 Å². The van der Waals surface area contributed by atoms with E-state index in [1.807, 2.05) is 6.92 Å². The van der Waals surface area contributed by atoms with E-state index in [2.05, 4.69) is 0 Å². The van der Waals surface area contributed by atoms with Crippen molar-refractivity contribution in [2.45, 2.75) is 19.8 Å². The van der Waals surface area contributed by atoms with Gasteiger partial charge in [0.15, 0.2) is 0 Å². The van der Waals surface area contributed by atoms with E-state index < -0.39 is 21.9 Å². The van der Waals surface area contributed by atoms with Gasteiger partial charge in [-0.15, -0.1) is 0 Å². The van der Waals surface area contributed by atoms with Gasteiger partial charge in [0.1, 0.15) is 0 Å². The lowest BCUT2D eigenvalue weighted by Gasteiger charge is -2.29. The highest BCUT2D eigenvalue weighted by molar-refractivity contribution is 7.92. The Hall–Kier alpha value is -2.09. The minimum absolute atomic E-state index is 0.0835. The molecule has 1 aromatic rings. The van der Waals surface area contributed by atoms with Crippen LogP contribution in [-0.2, 0) is 21.2 Å². The number of aliphatic carboxylic acids is 1. The van der Waals surface area contributed by atoms with E-state index in [1.54, 1.807) is 23.1 Å². The van der Waals surface area contributed by atoms with Gasteiger partial charge in [0, 0.05) is 25.2 Å². The van der Waals surface area contributed by atoms with Crippen LogP contribution in [-0.4, -0.2) is 56.2 Å². The normalized spacial score (nSPS) is 23.4. The molecular formula is C17H22N2O5S. The monoisotopic (exact) mass is 366 g/mol. The number of benzene rings is 1. The van der Waals surface area contributed by atoms with Crippen molar-refractivity contribution in [2.24, 2.45) is 11.8 Å². The van der Waals surface area contributed by atoms with Crippen molar-refractivity contribution in [3.8, 4) is 0 Å². The molecule has 3 rings (SSSR count). The van der Waals surface area contributed by atoms with Crippen molar-refractivity contribution in [1.29, 1.82) is 0 Å². The maximum Gasteiger partial charge on any atom is 0.308 e. The molecule has 7 nitrogen and oxygen atoms in total. The first-order valence-electron chi connectivity index (χ1n) is 8.31. The molecule has 0 spiro atoms. The fraction of sp³-hybridized carbons (Fsp3) is 0.529. The van der Waals surface area contributed by atoms with Crippen molar-refractivity contribution in [3.05, 3.63) is 29.3 Å². The minimum atomic E-state index is -3.34. The fourth-order valence-corrected chi connectivity index (χ4v) is 4.67. The molecule has 1 N–H and O–H groups in total. The molecule has 2 atom stereocenters. The zero-order valence-corrected chi connectivity index (χ0v) is 15.1. The molecule has 8 heteroatoms. The number of amides is 1. The smallest absolute Gasteiger partial charge is 0.308 e. The van der Waals surface area contributed by atoms with Crippen molar-refractivity contribution >= 4 is 27.6 Å². The van der Waals surface area contributed by atoms with Gasteiger partial charge >= 0.3 is 5.97 Å². The van der Waals surface area contributed by atoms with Crippen LogP contribution in [0.3, 0.4) is 0 Å². The topological polar surface area (TPSA) is 95.0 Å². The van der Waals surface area contributed by atoms with E-state index >= 15 is 0 Å². The maximum atomic E-state index is 12.7. The summed E-state index contributed by atoms with van der Waals surface area (Å²) in [6.07, 6.45) is 2.61. The molecule has 0 saturated carbocycles. The Labute approximate surface area is 147 Å². The third-order valence-corrected chi connectivity index (χ3v) is 6.20. The second kappa shape index (κ2) is 6.33. The first-order chi connectivity index (χ1) is 11.7. The summed E-state index contributed by atoms with van der Waals surface area (Å²) >= 11 is 0. The molecule has 0 radical (unpaired) electrons. The SMILES string of the molecule is C[C@@H]1CN(C(=O)c2ccc3c(c2)CCCN3S(C)(=O)=O)C[C@H]1C(=O)O. The predicted molar refractivity (Wildman–Crippen MR) is 93.1 cm³/mol. The van der Waals surface area contributed by atoms with Gasteiger partial charge < -0.3 is 10.0 Å². The van der Waals surface area contributed by atoms with E-state index in [1.165, 1.54) is 10.6 Å². The number of carbonyl (C=O) groups excluding carboxylic acids is 1. The average molecular weight is 366 g/mol. The van der Waals surface area contributed by atoms with Gasteiger partial charge in [-0.05, 0) is 42.5 Å². The average Bonchev–Trinajstić information content (AvgIpc) is 2.94. The van der Waals surface area contributed by atoms with Gasteiger partial charge in [-0.2, -0.15) is 0 Å². The van der Waals surface area contributed by atoms with E-state index in [-0.39, 0.29) is 18.4 Å². The summed E-state index contributed by atoms with van der Waals surface area (Å²) in [6.45, 7) is 2.91. The molecule has 0 unspecified atom stereocenters. The van der Waals surface area contributed by atoms with Crippen molar-refractivity contribution in [1.82, 2.24) is 4.90 Å². The number of aryl methyl sites for hydroxylation is 1. The summed E-state index contributed by atoms with van der Waals surface area (Å²) < 4.78 is 25.2. The van der Waals surface area contributed by atoms with Crippen LogP contribution in [0.15, 0.2) is 18.2 Å². The number of carboxylic acid groups (broad SMARTS) is 1. The molecule has 1 aromatic carbocycles. The van der Waals surface area contributed by atoms with Gasteiger partial charge in [0.05, 0.1) is 17.9 Å². The first kappa shape index (κ1) is 17.7. The number of hydrogen-bond donors (Lipinski definition) is 1. The van der Waals surface area contributed by atoms with Crippen LogP contribution in [0.1, 0.15) is 29.3 Å². The molecule has 0 aromatic heterocycles. The Morgan fingerprint density at radius 3 is 2.56 bits per heavy atom. The third kappa shape index (κ3) is 3.35. The Bertz CT molecular complexity index is 820. The van der Waals surface area contributed by atoms with Crippen LogP contribution in [0.2, 0.25) is 0 Å². The first-order valence-corrected chi connectivity index (χ1v) is 10.2. The summed E-state index contributed by atoms with van der Waals surface area (Å²) in [4.78, 5) is 25.5. The van der Waals surface area contributed by atoms with Gasteiger partial charge in [0.2, 0.25) is 10.0 Å². The molecule has 2 aliphatic rings. The Morgan fingerprint density at radius 1 is 1.24 bits per heavy atom. The lowest BCUT2D eigenvalue weighted by molar-refractivity contribution is -0.142. The standard InChI is InChI=1S/C17H22N2O5S/c1-11-9-18(10-14(11)17(21)22)16(20)13-5-6-15-12(8-13)4-3-7-19(15)25(2,23)24/h5-6,8,11,14H,3-4,7,9-10H2,1-2H3,(H,21,22)/t11-,14-/m1/s1. The number of hydrogen-bond acceptors (Lipinski definition) is 4. The highest BCUT2D eigenvalue weighted by atomic mass is 32.2. The molecule has 2 heterocycles. The maximum absolute atomic E-state index is 12.7. The largest absolute Gasteiger partial charge is 0.481 e. The van der Waals surface area contributed by atoms with E-state index in [9.17, 15) is 23.1 Å². The number of carbonyl (C=O) groups is 2. The van der Waals surface area contributed by atoms with Gasteiger partial charge in [0.25, 0.3) is 5.91 Å². The number of carboxylic acids is 1. The molecule has 1 fully saturated rings. The molecule has 136 valence electrons. The van der Waals surface area contributed by atoms with Gasteiger partial charge in [-0.1, -0.05) is 6.92 Å². The third-order valence-electron chi connectivity index (χ3n) is 5.02. The quantitative estimate of drug-likeness (QED) is 0.867. The van der Waals surface area contributed by atoms with E-state index in [0.717, 1.165) is 12.0 Å². The van der Waals surface area contributed by atoms with Crippen LogP contribution in [0.25, 0.3) is 0 Å². The summed E-state index contributed by atoms with van der Waals surface area (Å²) in [5.41, 5.74) is 1.94. The van der Waals surface area contributed by atoms with E-state index in [4.69, 9.17) is 0 Å². The van der Waals surface area contributed by atoms with Crippen LogP contribution in [0.4, 0.5) is 5.69 Å². The molecule has 0 bridgehead atoms. The number of anilines is 1. The Balaban J connectivity index is 1.85. The van der Waals surface area contributed by atoms with Crippen LogP contribution in [0.5, 0.6) is 0 Å². The molecular weight excluding hydrogens is 344 g/mol. The highest BCUT2D eigenvalue weighted by Gasteiger charge is 2.37. The Morgan fingerprint density at radius 2 is 1.96 bits per heavy atom. The number of sulfonamides is 1. The molecule has 1 saturated heterocycles. The van der Waals surface area contributed by atoms with Crippen LogP contribution >= 0.6 is 0 Å². The zero-order chi connectivity index (χ0) is 18.4. The molecule has 2 aliphatic heterocycles. The predicted octanol–water partition coefficient (Wildman–Crippen LogP) is 1.19. The molecule has 0 aliphatic carbocycles.